The lowest BCUT2D eigenvalue weighted by Gasteiger charge is -2.31. The highest BCUT2D eigenvalue weighted by Gasteiger charge is 2.28. The number of hydrogen-bond donors (Lipinski definition) is 0. The minimum atomic E-state index is -3.41. The Labute approximate surface area is 132 Å². The molecule has 1 saturated carbocycles. The highest BCUT2D eigenvalue weighted by Crippen LogP contribution is 2.29. The fourth-order valence-corrected chi connectivity index (χ4v) is 3.98. The molecule has 0 amide bonds. The van der Waals surface area contributed by atoms with Crippen molar-refractivity contribution in [1.29, 1.82) is 0 Å². The van der Waals surface area contributed by atoms with Crippen molar-refractivity contribution in [1.82, 2.24) is 4.31 Å². The van der Waals surface area contributed by atoms with E-state index in [-0.39, 0.29) is 0 Å². The van der Waals surface area contributed by atoms with Crippen molar-refractivity contribution in [2.45, 2.75) is 31.1 Å². The van der Waals surface area contributed by atoms with Gasteiger partial charge in [0.25, 0.3) is 0 Å². The third-order valence-electron chi connectivity index (χ3n) is 3.85. The molecule has 0 atom stereocenters. The number of rotatable bonds is 8. The van der Waals surface area contributed by atoms with Crippen molar-refractivity contribution in [3.8, 4) is 5.75 Å². The summed E-state index contributed by atoms with van der Waals surface area (Å²) in [6.45, 7) is 3.43. The highest BCUT2D eigenvalue weighted by molar-refractivity contribution is 7.89. The first kappa shape index (κ1) is 16.6. The molecule has 0 aromatic heterocycles. The van der Waals surface area contributed by atoms with Gasteiger partial charge >= 0.3 is 0 Å². The normalized spacial score (nSPS) is 16.0. The van der Waals surface area contributed by atoms with Crippen molar-refractivity contribution in [3.05, 3.63) is 24.3 Å². The van der Waals surface area contributed by atoms with Gasteiger partial charge in [-0.3, -0.25) is 0 Å². The van der Waals surface area contributed by atoms with E-state index in [1.54, 1.807) is 28.6 Å². The molecule has 1 fully saturated rings. The van der Waals surface area contributed by atoms with Crippen LogP contribution in [0, 0.1) is 5.92 Å². The van der Waals surface area contributed by atoms with E-state index in [0.717, 1.165) is 12.8 Å². The Balaban J connectivity index is 2.09. The zero-order chi connectivity index (χ0) is 15.3. The van der Waals surface area contributed by atoms with Crippen LogP contribution in [0.15, 0.2) is 29.2 Å². The van der Waals surface area contributed by atoms with Crippen LogP contribution in [0.2, 0.25) is 0 Å². The van der Waals surface area contributed by atoms with Crippen LogP contribution in [-0.2, 0) is 10.0 Å². The molecule has 1 aliphatic rings. The molecule has 4 nitrogen and oxygen atoms in total. The average Bonchev–Trinajstić information content (AvgIpc) is 2.44. The lowest BCUT2D eigenvalue weighted by molar-refractivity contribution is 0.250. The Morgan fingerprint density at radius 1 is 1.29 bits per heavy atom. The first-order valence-corrected chi connectivity index (χ1v) is 9.34. The van der Waals surface area contributed by atoms with E-state index in [4.69, 9.17) is 16.3 Å². The zero-order valence-electron chi connectivity index (χ0n) is 12.3. The summed E-state index contributed by atoms with van der Waals surface area (Å²) >= 11 is 5.56. The number of ether oxygens (including phenoxy) is 1. The van der Waals surface area contributed by atoms with Crippen LogP contribution in [0.1, 0.15) is 26.2 Å². The molecule has 0 N–H and O–H groups in total. The summed E-state index contributed by atoms with van der Waals surface area (Å²) in [5.41, 5.74) is 0. The SMILES string of the molecule is CCN(CC1CCC1)S(=O)(=O)c1ccc(OCCCl)cc1. The Morgan fingerprint density at radius 2 is 1.95 bits per heavy atom. The second-order valence-electron chi connectivity index (χ2n) is 5.26. The molecule has 2 rings (SSSR count). The summed E-state index contributed by atoms with van der Waals surface area (Å²) in [5, 5.41) is 0. The molecule has 1 aromatic carbocycles. The topological polar surface area (TPSA) is 46.6 Å². The quantitative estimate of drug-likeness (QED) is 0.688. The van der Waals surface area contributed by atoms with Gasteiger partial charge in [-0.1, -0.05) is 13.3 Å². The van der Waals surface area contributed by atoms with Crippen molar-refractivity contribution >= 4 is 21.6 Å². The molecule has 0 spiro atoms. The van der Waals surface area contributed by atoms with Crippen LogP contribution in [-0.4, -0.2) is 38.3 Å². The maximum absolute atomic E-state index is 12.6. The molecule has 0 radical (unpaired) electrons. The Kier molecular flexibility index (Phi) is 5.90. The molecule has 1 aromatic rings. The third-order valence-corrected chi connectivity index (χ3v) is 5.96. The summed E-state index contributed by atoms with van der Waals surface area (Å²) in [6.07, 6.45) is 3.49. The van der Waals surface area contributed by atoms with E-state index >= 15 is 0 Å². The lowest BCUT2D eigenvalue weighted by atomic mass is 9.85. The van der Waals surface area contributed by atoms with Gasteiger partial charge in [0.1, 0.15) is 12.4 Å². The monoisotopic (exact) mass is 331 g/mol. The molecule has 0 aliphatic heterocycles. The number of halogens is 1. The molecule has 0 unspecified atom stereocenters. The minimum absolute atomic E-state index is 0.321. The summed E-state index contributed by atoms with van der Waals surface area (Å²) in [4.78, 5) is 0.321. The van der Waals surface area contributed by atoms with Crippen LogP contribution < -0.4 is 4.74 Å². The van der Waals surface area contributed by atoms with Gasteiger partial charge in [-0.2, -0.15) is 4.31 Å². The highest BCUT2D eigenvalue weighted by atomic mass is 35.5. The first-order chi connectivity index (χ1) is 10.1. The predicted octanol–water partition coefficient (Wildman–Crippen LogP) is 3.11. The van der Waals surface area contributed by atoms with Crippen molar-refractivity contribution in [3.63, 3.8) is 0 Å². The Hall–Kier alpha value is -0.780. The summed E-state index contributed by atoms with van der Waals surface area (Å²) < 4.78 is 32.2. The average molecular weight is 332 g/mol. The standard InChI is InChI=1S/C15H22ClNO3S/c1-2-17(12-13-4-3-5-13)21(18,19)15-8-6-14(7-9-15)20-11-10-16/h6-9,13H,2-5,10-12H2,1H3. The number of sulfonamides is 1. The number of hydrogen-bond acceptors (Lipinski definition) is 3. The van der Waals surface area contributed by atoms with Gasteiger partial charge in [0.15, 0.2) is 0 Å². The van der Waals surface area contributed by atoms with Crippen LogP contribution in [0.5, 0.6) is 5.75 Å². The number of nitrogens with zero attached hydrogens (tertiary/aromatic N) is 1. The van der Waals surface area contributed by atoms with Gasteiger partial charge in [0, 0.05) is 13.1 Å². The maximum Gasteiger partial charge on any atom is 0.243 e. The smallest absolute Gasteiger partial charge is 0.243 e. The first-order valence-electron chi connectivity index (χ1n) is 7.37. The summed E-state index contributed by atoms with van der Waals surface area (Å²) in [6, 6.07) is 6.55. The second-order valence-corrected chi connectivity index (χ2v) is 7.58. The Bertz CT molecular complexity index is 541. The van der Waals surface area contributed by atoms with Gasteiger partial charge < -0.3 is 4.74 Å². The number of alkyl halides is 1. The number of benzene rings is 1. The van der Waals surface area contributed by atoms with Crippen molar-refractivity contribution < 1.29 is 13.2 Å². The molecular formula is C15H22ClNO3S. The largest absolute Gasteiger partial charge is 0.492 e. The minimum Gasteiger partial charge on any atom is -0.492 e. The van der Waals surface area contributed by atoms with Gasteiger partial charge in [-0.05, 0) is 43.0 Å². The van der Waals surface area contributed by atoms with E-state index in [2.05, 4.69) is 0 Å². The molecule has 0 bridgehead atoms. The zero-order valence-corrected chi connectivity index (χ0v) is 13.9. The predicted molar refractivity (Wildman–Crippen MR) is 84.4 cm³/mol. The summed E-state index contributed by atoms with van der Waals surface area (Å²) in [5.74, 6) is 1.56. The molecule has 6 heteroatoms. The molecule has 0 saturated heterocycles. The second kappa shape index (κ2) is 7.47. The molecular weight excluding hydrogens is 310 g/mol. The van der Waals surface area contributed by atoms with Crippen LogP contribution in [0.3, 0.4) is 0 Å². The maximum atomic E-state index is 12.6. The lowest BCUT2D eigenvalue weighted by Crippen LogP contribution is -2.37. The molecule has 118 valence electrons. The molecule has 0 heterocycles. The van der Waals surface area contributed by atoms with Gasteiger partial charge in [0.05, 0.1) is 10.8 Å². The summed E-state index contributed by atoms with van der Waals surface area (Å²) in [7, 11) is -3.41. The van der Waals surface area contributed by atoms with Crippen LogP contribution in [0.4, 0.5) is 0 Å². The molecule has 21 heavy (non-hydrogen) atoms. The van der Waals surface area contributed by atoms with E-state index in [9.17, 15) is 8.42 Å². The van der Waals surface area contributed by atoms with E-state index < -0.39 is 10.0 Å². The fourth-order valence-electron chi connectivity index (χ4n) is 2.37. The molecule has 1 aliphatic carbocycles. The fraction of sp³-hybridized carbons (Fsp3) is 0.600. The van der Waals surface area contributed by atoms with E-state index in [1.807, 2.05) is 6.92 Å². The Morgan fingerprint density at radius 3 is 2.43 bits per heavy atom. The van der Waals surface area contributed by atoms with Crippen molar-refractivity contribution in [2.75, 3.05) is 25.6 Å². The van der Waals surface area contributed by atoms with Crippen molar-refractivity contribution in [2.24, 2.45) is 5.92 Å². The third kappa shape index (κ3) is 4.11. The van der Waals surface area contributed by atoms with Crippen LogP contribution >= 0.6 is 11.6 Å². The van der Waals surface area contributed by atoms with Gasteiger partial charge in [0.2, 0.25) is 10.0 Å². The van der Waals surface area contributed by atoms with Gasteiger partial charge in [-0.25, -0.2) is 8.42 Å². The van der Waals surface area contributed by atoms with E-state index in [0.29, 0.717) is 42.1 Å². The van der Waals surface area contributed by atoms with E-state index in [1.165, 1.54) is 6.42 Å². The van der Waals surface area contributed by atoms with Gasteiger partial charge in [-0.15, -0.1) is 11.6 Å². The van der Waals surface area contributed by atoms with Crippen LogP contribution in [0.25, 0.3) is 0 Å².